The van der Waals surface area contributed by atoms with Crippen LogP contribution in [0.1, 0.15) is 21.5 Å². The smallest absolute Gasteiger partial charge is 0.337 e. The van der Waals surface area contributed by atoms with Gasteiger partial charge in [-0.3, -0.25) is 0 Å². The van der Waals surface area contributed by atoms with E-state index in [1.165, 1.54) is 0 Å². The molecule has 2 nitrogen and oxygen atoms in total. The normalized spacial score (nSPS) is 10.2. The van der Waals surface area contributed by atoms with Crippen LogP contribution in [0.4, 0.5) is 0 Å². The maximum atomic E-state index is 10.8. The molecule has 0 atom stereocenters. The number of carbonyl (C=O) groups is 1. The number of halogens is 2. The average molecular weight is 219 g/mol. The predicted octanol–water partition coefficient (Wildman–Crippen LogP) is 3.31. The Morgan fingerprint density at radius 3 is 2.38 bits per heavy atom. The number of hydrogen-bond donors (Lipinski definition) is 1. The van der Waals surface area contributed by atoms with E-state index in [0.717, 1.165) is 0 Å². The molecule has 0 aliphatic carbocycles. The van der Waals surface area contributed by atoms with Gasteiger partial charge in [0.05, 0.1) is 10.6 Å². The van der Waals surface area contributed by atoms with Crippen molar-refractivity contribution in [2.75, 3.05) is 0 Å². The monoisotopic (exact) mass is 218 g/mol. The summed E-state index contributed by atoms with van der Waals surface area (Å²) >= 11 is 11.7. The van der Waals surface area contributed by atoms with E-state index in [1.807, 2.05) is 0 Å². The van der Waals surface area contributed by atoms with Gasteiger partial charge < -0.3 is 5.11 Å². The summed E-state index contributed by atoms with van der Waals surface area (Å²) in [5.74, 6) is -1.03. The van der Waals surface area contributed by atoms with Gasteiger partial charge in [0.1, 0.15) is 0 Å². The Bertz CT molecular complexity index is 372. The molecule has 4 heteroatoms. The Morgan fingerprint density at radius 1 is 1.38 bits per heavy atom. The zero-order valence-electron chi connectivity index (χ0n) is 7.19. The minimum atomic E-state index is -1.03. The van der Waals surface area contributed by atoms with Gasteiger partial charge in [0.15, 0.2) is 0 Å². The first-order valence-electron chi connectivity index (χ1n) is 3.63. The van der Waals surface area contributed by atoms with Crippen LogP contribution in [0.25, 0.3) is 0 Å². The van der Waals surface area contributed by atoms with Crippen LogP contribution in [0.15, 0.2) is 6.07 Å². The number of aryl methyl sites for hydroxylation is 1. The third kappa shape index (κ3) is 1.79. The number of benzene rings is 1. The first-order chi connectivity index (χ1) is 5.95. The molecule has 0 heterocycles. The van der Waals surface area contributed by atoms with Crippen LogP contribution in [0, 0.1) is 13.8 Å². The van der Waals surface area contributed by atoms with Crippen molar-refractivity contribution in [1.82, 2.24) is 0 Å². The van der Waals surface area contributed by atoms with E-state index in [-0.39, 0.29) is 10.6 Å². The predicted molar refractivity (Wildman–Crippen MR) is 52.9 cm³/mol. The van der Waals surface area contributed by atoms with Gasteiger partial charge in [0.2, 0.25) is 0 Å². The molecule has 0 amide bonds. The number of rotatable bonds is 1. The summed E-state index contributed by atoms with van der Waals surface area (Å²) in [7, 11) is 0. The first kappa shape index (κ1) is 10.4. The second kappa shape index (κ2) is 3.56. The summed E-state index contributed by atoms with van der Waals surface area (Å²) in [6, 6.07) is 1.60. The fourth-order valence-electron chi connectivity index (χ4n) is 1.10. The minimum Gasteiger partial charge on any atom is -0.478 e. The van der Waals surface area contributed by atoms with Gasteiger partial charge in [-0.05, 0) is 31.0 Å². The third-order valence-electron chi connectivity index (χ3n) is 1.86. The van der Waals surface area contributed by atoms with Crippen molar-refractivity contribution in [2.45, 2.75) is 13.8 Å². The van der Waals surface area contributed by atoms with Crippen molar-refractivity contribution >= 4 is 29.2 Å². The summed E-state index contributed by atoms with van der Waals surface area (Å²) < 4.78 is 0. The molecule has 70 valence electrons. The Balaban J connectivity index is 3.53. The van der Waals surface area contributed by atoms with Gasteiger partial charge in [0.25, 0.3) is 0 Å². The van der Waals surface area contributed by atoms with E-state index in [1.54, 1.807) is 19.9 Å². The van der Waals surface area contributed by atoms with Crippen molar-refractivity contribution in [3.63, 3.8) is 0 Å². The van der Waals surface area contributed by atoms with E-state index in [4.69, 9.17) is 28.3 Å². The molecule has 0 fully saturated rings. The second-order valence-corrected chi connectivity index (χ2v) is 3.58. The molecular formula is C9H8Cl2O2. The molecule has 0 saturated heterocycles. The standard InChI is InChI=1S/C9H8Cl2O2/c1-4-3-6(10)5(2)8(11)7(4)9(12)13/h3H,1-2H3,(H,12,13). The molecule has 1 N–H and O–H groups in total. The maximum absolute atomic E-state index is 10.8. The van der Waals surface area contributed by atoms with Crippen LogP contribution in [0.5, 0.6) is 0 Å². The Kier molecular flexibility index (Phi) is 2.84. The second-order valence-electron chi connectivity index (χ2n) is 2.79. The van der Waals surface area contributed by atoms with E-state index >= 15 is 0 Å². The van der Waals surface area contributed by atoms with E-state index in [2.05, 4.69) is 0 Å². The van der Waals surface area contributed by atoms with Gasteiger partial charge in [0, 0.05) is 5.02 Å². The molecule has 1 aromatic rings. The van der Waals surface area contributed by atoms with Crippen molar-refractivity contribution < 1.29 is 9.90 Å². The molecular weight excluding hydrogens is 211 g/mol. The molecule has 0 aliphatic rings. The highest BCUT2D eigenvalue weighted by Crippen LogP contribution is 2.29. The van der Waals surface area contributed by atoms with Crippen molar-refractivity contribution in [1.29, 1.82) is 0 Å². The van der Waals surface area contributed by atoms with E-state index in [9.17, 15) is 4.79 Å². The summed E-state index contributed by atoms with van der Waals surface area (Å²) in [6.07, 6.45) is 0. The molecule has 13 heavy (non-hydrogen) atoms. The highest BCUT2D eigenvalue weighted by Gasteiger charge is 2.15. The summed E-state index contributed by atoms with van der Waals surface area (Å²) in [5, 5.41) is 9.55. The molecule has 0 bridgehead atoms. The fourth-order valence-corrected chi connectivity index (χ4v) is 1.74. The Hall–Kier alpha value is -0.730. The lowest BCUT2D eigenvalue weighted by Gasteiger charge is -2.07. The van der Waals surface area contributed by atoms with Gasteiger partial charge in [-0.15, -0.1) is 0 Å². The van der Waals surface area contributed by atoms with Crippen molar-refractivity contribution in [3.8, 4) is 0 Å². The Labute approximate surface area is 86.1 Å². The topological polar surface area (TPSA) is 37.3 Å². The Morgan fingerprint density at radius 2 is 1.92 bits per heavy atom. The van der Waals surface area contributed by atoms with Gasteiger partial charge in [-0.2, -0.15) is 0 Å². The lowest BCUT2D eigenvalue weighted by Crippen LogP contribution is -2.02. The number of hydrogen-bond acceptors (Lipinski definition) is 1. The van der Waals surface area contributed by atoms with E-state index < -0.39 is 5.97 Å². The molecule has 0 spiro atoms. The number of aromatic carboxylic acids is 1. The van der Waals surface area contributed by atoms with Gasteiger partial charge in [-0.25, -0.2) is 4.79 Å². The van der Waals surface area contributed by atoms with Crippen molar-refractivity contribution in [3.05, 3.63) is 32.8 Å². The third-order valence-corrected chi connectivity index (χ3v) is 2.72. The lowest BCUT2D eigenvalue weighted by molar-refractivity contribution is 0.0696. The fraction of sp³-hybridized carbons (Fsp3) is 0.222. The van der Waals surface area contributed by atoms with Crippen molar-refractivity contribution in [2.24, 2.45) is 0 Å². The molecule has 1 aromatic carbocycles. The highest BCUT2D eigenvalue weighted by atomic mass is 35.5. The summed E-state index contributed by atoms with van der Waals surface area (Å²) in [5.41, 5.74) is 1.31. The molecule has 0 unspecified atom stereocenters. The SMILES string of the molecule is Cc1cc(Cl)c(C)c(Cl)c1C(=O)O. The molecule has 0 aliphatic heterocycles. The first-order valence-corrected chi connectivity index (χ1v) is 4.39. The summed E-state index contributed by atoms with van der Waals surface area (Å²) in [6.45, 7) is 3.36. The molecule has 0 radical (unpaired) electrons. The number of carboxylic acid groups (broad SMARTS) is 1. The van der Waals surface area contributed by atoms with Crippen LogP contribution < -0.4 is 0 Å². The number of carboxylic acids is 1. The van der Waals surface area contributed by atoms with Crippen LogP contribution in [0.2, 0.25) is 10.0 Å². The minimum absolute atomic E-state index is 0.128. The zero-order chi connectivity index (χ0) is 10.2. The lowest BCUT2D eigenvalue weighted by atomic mass is 10.1. The molecule has 0 saturated carbocycles. The van der Waals surface area contributed by atoms with Crippen LogP contribution in [-0.2, 0) is 0 Å². The van der Waals surface area contributed by atoms with Gasteiger partial charge >= 0.3 is 5.97 Å². The van der Waals surface area contributed by atoms with Crippen LogP contribution in [0.3, 0.4) is 0 Å². The van der Waals surface area contributed by atoms with Crippen LogP contribution >= 0.6 is 23.2 Å². The highest BCUT2D eigenvalue weighted by molar-refractivity contribution is 6.38. The zero-order valence-corrected chi connectivity index (χ0v) is 8.70. The summed E-state index contributed by atoms with van der Waals surface area (Å²) in [4.78, 5) is 10.8. The van der Waals surface area contributed by atoms with Crippen LogP contribution in [-0.4, -0.2) is 11.1 Å². The largest absolute Gasteiger partial charge is 0.478 e. The molecule has 1 rings (SSSR count). The average Bonchev–Trinajstić information content (AvgIpc) is 1.99. The van der Waals surface area contributed by atoms with Gasteiger partial charge in [-0.1, -0.05) is 23.2 Å². The molecule has 0 aromatic heterocycles. The quantitative estimate of drug-likeness (QED) is 0.786. The maximum Gasteiger partial charge on any atom is 0.337 e. The van der Waals surface area contributed by atoms with E-state index in [0.29, 0.717) is 16.1 Å².